The van der Waals surface area contributed by atoms with Gasteiger partial charge in [-0.15, -0.1) is 0 Å². The van der Waals surface area contributed by atoms with Crippen LogP contribution in [-0.2, 0) is 0 Å². The third kappa shape index (κ3) is 4.29. The van der Waals surface area contributed by atoms with Crippen LogP contribution in [0.3, 0.4) is 0 Å². The molecule has 0 bridgehead atoms. The zero-order chi connectivity index (χ0) is 23.1. The third-order valence-electron chi connectivity index (χ3n) is 6.75. The Morgan fingerprint density at radius 2 is 1.91 bits per heavy atom. The molecule has 173 valence electrons. The minimum absolute atomic E-state index is 0.0309. The van der Waals surface area contributed by atoms with E-state index in [1.54, 1.807) is 10.6 Å². The number of hydrogen-bond acceptors (Lipinski definition) is 4. The molecule has 5 rings (SSSR count). The largest absolute Gasteiger partial charge is 0.486 e. The first-order valence-electron chi connectivity index (χ1n) is 11.6. The highest BCUT2D eigenvalue weighted by Crippen LogP contribution is 2.33. The van der Waals surface area contributed by atoms with E-state index >= 15 is 0 Å². The SMILES string of the molecule is Cc1ccc2c([c]c(C)n2C(=O)N2CCN(CC[C@@H]3CN(C)c4cc(F)ccc4O3)CC2)c1. The molecule has 1 amide bonds. The van der Waals surface area contributed by atoms with Crippen molar-refractivity contribution in [2.75, 3.05) is 51.2 Å². The topological polar surface area (TPSA) is 41.0 Å². The number of benzene rings is 2. The molecule has 1 fully saturated rings. The monoisotopic (exact) mass is 449 g/mol. The molecular formula is C26H30FN4O2. The van der Waals surface area contributed by atoms with Crippen molar-refractivity contribution >= 4 is 22.6 Å². The van der Waals surface area contributed by atoms with Gasteiger partial charge in [-0.2, -0.15) is 0 Å². The number of nitrogens with zero attached hydrogens (tertiary/aromatic N) is 4. The van der Waals surface area contributed by atoms with Crippen LogP contribution in [0.25, 0.3) is 10.9 Å². The lowest BCUT2D eigenvalue weighted by Gasteiger charge is -2.37. The number of carbonyl (C=O) groups excluding carboxylic acids is 1. The van der Waals surface area contributed by atoms with Crippen molar-refractivity contribution in [2.24, 2.45) is 0 Å². The molecule has 2 aliphatic rings. The molecule has 2 aliphatic heterocycles. The summed E-state index contributed by atoms with van der Waals surface area (Å²) in [6.45, 7) is 8.75. The Hall–Kier alpha value is -3.06. The predicted molar refractivity (Wildman–Crippen MR) is 128 cm³/mol. The molecule has 2 aromatic carbocycles. The van der Waals surface area contributed by atoms with Gasteiger partial charge in [-0.1, -0.05) is 11.6 Å². The molecule has 1 radical (unpaired) electrons. The lowest BCUT2D eigenvalue weighted by atomic mass is 10.1. The molecule has 1 aromatic heterocycles. The number of anilines is 1. The van der Waals surface area contributed by atoms with Crippen LogP contribution >= 0.6 is 0 Å². The van der Waals surface area contributed by atoms with Crippen LogP contribution in [0.5, 0.6) is 5.75 Å². The van der Waals surface area contributed by atoms with Gasteiger partial charge in [0.25, 0.3) is 0 Å². The number of aryl methyl sites for hydroxylation is 2. The average molecular weight is 450 g/mol. The molecule has 3 aromatic rings. The van der Waals surface area contributed by atoms with Gasteiger partial charge in [0.2, 0.25) is 0 Å². The van der Waals surface area contributed by atoms with Gasteiger partial charge in [-0.25, -0.2) is 9.18 Å². The Bertz CT molecular complexity index is 1180. The maximum atomic E-state index is 13.5. The highest BCUT2D eigenvalue weighted by molar-refractivity contribution is 5.92. The fraction of sp³-hybridized carbons (Fsp3) is 0.423. The number of fused-ring (bicyclic) bond motifs is 2. The average Bonchev–Trinajstić information content (AvgIpc) is 3.12. The van der Waals surface area contributed by atoms with Gasteiger partial charge in [0.05, 0.1) is 17.7 Å². The Morgan fingerprint density at radius 3 is 2.70 bits per heavy atom. The van der Waals surface area contributed by atoms with Crippen molar-refractivity contribution in [3.8, 4) is 5.75 Å². The standard InChI is InChI=1S/C26H30FN4O2/c1-18-4-6-23-20(14-18)15-19(2)31(23)26(32)30-12-10-29(11-13-30)9-8-22-17-28(3)24-16-21(27)5-7-25(24)33-22/h4-7,14,16,22H,8-13,17H2,1-3H3/t22-/m1/s1. The quantitative estimate of drug-likeness (QED) is 0.605. The summed E-state index contributed by atoms with van der Waals surface area (Å²) in [6, 6.07) is 14.2. The zero-order valence-electron chi connectivity index (χ0n) is 19.5. The van der Waals surface area contributed by atoms with E-state index in [9.17, 15) is 9.18 Å². The molecule has 1 saturated heterocycles. The molecule has 0 saturated carbocycles. The van der Waals surface area contributed by atoms with E-state index in [2.05, 4.69) is 28.9 Å². The minimum Gasteiger partial charge on any atom is -0.486 e. The first-order valence-corrected chi connectivity index (χ1v) is 11.6. The van der Waals surface area contributed by atoms with E-state index < -0.39 is 0 Å². The molecule has 33 heavy (non-hydrogen) atoms. The van der Waals surface area contributed by atoms with Gasteiger partial charge in [0, 0.05) is 63.0 Å². The number of ether oxygens (including phenoxy) is 1. The van der Waals surface area contributed by atoms with Gasteiger partial charge in [-0.3, -0.25) is 9.47 Å². The van der Waals surface area contributed by atoms with Crippen molar-refractivity contribution < 1.29 is 13.9 Å². The van der Waals surface area contributed by atoms with Crippen LogP contribution < -0.4 is 9.64 Å². The molecule has 0 unspecified atom stereocenters. The lowest BCUT2D eigenvalue weighted by Crippen LogP contribution is -2.51. The number of carbonyl (C=O) groups is 1. The van der Waals surface area contributed by atoms with Crippen LogP contribution in [0, 0.1) is 25.7 Å². The van der Waals surface area contributed by atoms with E-state index in [4.69, 9.17) is 4.74 Å². The summed E-state index contributed by atoms with van der Waals surface area (Å²) in [5.74, 6) is 0.498. The van der Waals surface area contributed by atoms with Crippen molar-refractivity contribution in [3.63, 3.8) is 0 Å². The highest BCUT2D eigenvalue weighted by atomic mass is 19.1. The molecular weight excluding hydrogens is 419 g/mol. The van der Waals surface area contributed by atoms with Crippen LogP contribution in [-0.4, -0.2) is 72.8 Å². The van der Waals surface area contributed by atoms with E-state index in [1.807, 2.05) is 31.0 Å². The highest BCUT2D eigenvalue weighted by Gasteiger charge is 2.27. The third-order valence-corrected chi connectivity index (χ3v) is 6.75. The lowest BCUT2D eigenvalue weighted by molar-refractivity contribution is 0.118. The van der Waals surface area contributed by atoms with E-state index in [0.29, 0.717) is 13.1 Å². The number of halogens is 1. The van der Waals surface area contributed by atoms with Crippen LogP contribution in [0.15, 0.2) is 36.4 Å². The molecule has 7 heteroatoms. The van der Waals surface area contributed by atoms with E-state index in [1.165, 1.54) is 17.7 Å². The van der Waals surface area contributed by atoms with Crippen molar-refractivity contribution in [3.05, 3.63) is 59.5 Å². The van der Waals surface area contributed by atoms with Crippen LogP contribution in [0.1, 0.15) is 17.7 Å². The molecule has 3 heterocycles. The van der Waals surface area contributed by atoms with E-state index in [0.717, 1.165) is 60.6 Å². The maximum Gasteiger partial charge on any atom is 0.328 e. The minimum atomic E-state index is -0.244. The number of rotatable bonds is 3. The second-order valence-electron chi connectivity index (χ2n) is 9.20. The summed E-state index contributed by atoms with van der Waals surface area (Å²) < 4.78 is 21.4. The summed E-state index contributed by atoms with van der Waals surface area (Å²) in [4.78, 5) is 19.7. The molecule has 0 aliphatic carbocycles. The summed E-state index contributed by atoms with van der Waals surface area (Å²) >= 11 is 0. The van der Waals surface area contributed by atoms with Gasteiger partial charge in [0.1, 0.15) is 17.7 Å². The maximum absolute atomic E-state index is 13.5. The first kappa shape index (κ1) is 21.8. The Labute approximate surface area is 194 Å². The predicted octanol–water partition coefficient (Wildman–Crippen LogP) is 4.07. The van der Waals surface area contributed by atoms with Crippen LogP contribution in [0.4, 0.5) is 14.9 Å². The summed E-state index contributed by atoms with van der Waals surface area (Å²) in [5, 5.41) is 0.987. The fourth-order valence-electron chi connectivity index (χ4n) is 4.91. The molecule has 6 nitrogen and oxygen atoms in total. The Kier molecular flexibility index (Phi) is 5.74. The zero-order valence-corrected chi connectivity index (χ0v) is 19.5. The number of amides is 1. The number of aromatic nitrogens is 1. The number of likely N-dealkylation sites (N-methyl/N-ethyl adjacent to an activating group) is 1. The normalized spacial score (nSPS) is 19.0. The smallest absolute Gasteiger partial charge is 0.328 e. The van der Waals surface area contributed by atoms with Crippen molar-refractivity contribution in [1.29, 1.82) is 0 Å². The molecule has 0 N–H and O–H groups in total. The van der Waals surface area contributed by atoms with Gasteiger partial charge < -0.3 is 14.5 Å². The van der Waals surface area contributed by atoms with E-state index in [-0.39, 0.29) is 18.0 Å². The summed E-state index contributed by atoms with van der Waals surface area (Å²) in [7, 11) is 1.98. The number of piperazine rings is 1. The fourth-order valence-corrected chi connectivity index (χ4v) is 4.91. The van der Waals surface area contributed by atoms with Gasteiger partial charge in [0.15, 0.2) is 0 Å². The molecule has 0 spiro atoms. The summed E-state index contributed by atoms with van der Waals surface area (Å²) in [5.41, 5.74) is 3.74. The number of hydrogen-bond donors (Lipinski definition) is 0. The van der Waals surface area contributed by atoms with Crippen molar-refractivity contribution in [2.45, 2.75) is 26.4 Å². The Balaban J connectivity index is 1.16. The Morgan fingerprint density at radius 1 is 1.12 bits per heavy atom. The van der Waals surface area contributed by atoms with Gasteiger partial charge in [-0.05, 0) is 44.5 Å². The summed E-state index contributed by atoms with van der Waals surface area (Å²) in [6.07, 6.45) is 0.964. The second kappa shape index (κ2) is 8.71. The van der Waals surface area contributed by atoms with Gasteiger partial charge >= 0.3 is 6.03 Å². The second-order valence-corrected chi connectivity index (χ2v) is 9.20. The van der Waals surface area contributed by atoms with Crippen molar-refractivity contribution in [1.82, 2.24) is 14.4 Å². The molecule has 1 atom stereocenters. The first-order chi connectivity index (χ1) is 15.9. The van der Waals surface area contributed by atoms with Crippen LogP contribution in [0.2, 0.25) is 0 Å².